The molecule has 1 N–H and O–H groups in total. The first-order valence-corrected chi connectivity index (χ1v) is 13.9. The summed E-state index contributed by atoms with van der Waals surface area (Å²) in [7, 11) is 0. The Morgan fingerprint density at radius 2 is 1.92 bits per heavy atom. The average molecular weight is 502 g/mol. The topological polar surface area (TPSA) is 81.5 Å². The highest BCUT2D eigenvalue weighted by Crippen LogP contribution is 2.41. The van der Waals surface area contributed by atoms with Crippen LogP contribution >= 0.6 is 0 Å². The number of carbonyl (C=O) groups excluding carboxylic acids is 1. The van der Waals surface area contributed by atoms with Crippen molar-refractivity contribution in [3.05, 3.63) is 36.8 Å². The molecule has 2 unspecified atom stereocenters. The van der Waals surface area contributed by atoms with Gasteiger partial charge in [0.1, 0.15) is 17.4 Å². The minimum Gasteiger partial charge on any atom is -0.488 e. The number of nitrogens with zero attached hydrogens (tertiary/aromatic N) is 4. The fourth-order valence-electron chi connectivity index (χ4n) is 6.16. The lowest BCUT2D eigenvalue weighted by atomic mass is 9.83. The number of anilines is 1. The molecule has 1 saturated carbocycles. The van der Waals surface area contributed by atoms with Crippen LogP contribution in [0.2, 0.25) is 0 Å². The van der Waals surface area contributed by atoms with Gasteiger partial charge in [-0.05, 0) is 62.8 Å². The van der Waals surface area contributed by atoms with E-state index in [2.05, 4.69) is 46.0 Å². The lowest BCUT2D eigenvalue weighted by Gasteiger charge is -2.40. The van der Waals surface area contributed by atoms with Crippen molar-refractivity contribution in [2.45, 2.75) is 51.2 Å². The molecule has 5 heterocycles. The van der Waals surface area contributed by atoms with Crippen LogP contribution in [0.5, 0.6) is 5.75 Å². The Morgan fingerprint density at radius 3 is 2.57 bits per heavy atom. The van der Waals surface area contributed by atoms with Gasteiger partial charge in [0.15, 0.2) is 0 Å². The molecule has 4 aliphatic rings. The number of carbonyl (C=O) groups is 1. The van der Waals surface area contributed by atoms with Gasteiger partial charge in [-0.15, -0.1) is 0 Å². The van der Waals surface area contributed by atoms with Crippen molar-refractivity contribution in [3.63, 3.8) is 0 Å². The van der Waals surface area contributed by atoms with Crippen LogP contribution in [0.3, 0.4) is 0 Å². The van der Waals surface area contributed by atoms with E-state index in [9.17, 15) is 4.79 Å². The molecule has 37 heavy (non-hydrogen) atoms. The number of piperidine rings is 1. The second-order valence-electron chi connectivity index (χ2n) is 11.3. The first-order valence-electron chi connectivity index (χ1n) is 13.9. The van der Waals surface area contributed by atoms with Crippen molar-refractivity contribution in [2.75, 3.05) is 37.7 Å². The standard InChI is InChI=1S/C29H35N5O3/c1-18(21-12-28(35)31-13-21)37-27-11-20(10-26-29(27)34(17-32-26)23-2-3-23)25-5-4-24(14-30-25)33-8-6-19(7-9-33)22-15-36-16-22/h4-5,10-11,14,17-19,21-23H,2-3,6-9,12-13,15-16H2,1H3,(H,31,35). The molecule has 2 aromatic heterocycles. The summed E-state index contributed by atoms with van der Waals surface area (Å²) in [6.07, 6.45) is 9.21. The summed E-state index contributed by atoms with van der Waals surface area (Å²) in [4.78, 5) is 23.8. The van der Waals surface area contributed by atoms with E-state index in [4.69, 9.17) is 19.4 Å². The van der Waals surface area contributed by atoms with E-state index in [0.717, 1.165) is 66.2 Å². The molecule has 8 heteroatoms. The van der Waals surface area contributed by atoms with Gasteiger partial charge in [0, 0.05) is 49.5 Å². The van der Waals surface area contributed by atoms with Crippen LogP contribution in [0.1, 0.15) is 45.1 Å². The minimum absolute atomic E-state index is 0.0790. The normalized spacial score (nSPS) is 23.8. The van der Waals surface area contributed by atoms with Crippen molar-refractivity contribution in [3.8, 4) is 17.0 Å². The van der Waals surface area contributed by atoms with Crippen LogP contribution in [-0.4, -0.2) is 59.4 Å². The third-order valence-corrected chi connectivity index (χ3v) is 8.84. The van der Waals surface area contributed by atoms with Gasteiger partial charge in [0.2, 0.25) is 5.91 Å². The minimum atomic E-state index is -0.0790. The van der Waals surface area contributed by atoms with Crippen molar-refractivity contribution in [1.82, 2.24) is 19.9 Å². The molecule has 194 valence electrons. The van der Waals surface area contributed by atoms with Crippen LogP contribution in [0.4, 0.5) is 5.69 Å². The fourth-order valence-corrected chi connectivity index (χ4v) is 6.16. The quantitative estimate of drug-likeness (QED) is 0.523. The number of fused-ring (bicyclic) bond motifs is 1. The molecule has 0 spiro atoms. The second kappa shape index (κ2) is 9.31. The van der Waals surface area contributed by atoms with Crippen molar-refractivity contribution in [2.24, 2.45) is 17.8 Å². The predicted molar refractivity (Wildman–Crippen MR) is 142 cm³/mol. The van der Waals surface area contributed by atoms with E-state index in [1.54, 1.807) is 0 Å². The maximum atomic E-state index is 11.8. The number of rotatable bonds is 7. The Bertz CT molecular complexity index is 1290. The molecule has 1 amide bonds. The van der Waals surface area contributed by atoms with Gasteiger partial charge in [-0.1, -0.05) is 0 Å². The number of hydrogen-bond donors (Lipinski definition) is 1. The van der Waals surface area contributed by atoms with Crippen LogP contribution in [-0.2, 0) is 9.53 Å². The van der Waals surface area contributed by atoms with Crippen LogP contribution in [0.25, 0.3) is 22.3 Å². The Kier molecular flexibility index (Phi) is 5.80. The van der Waals surface area contributed by atoms with Gasteiger partial charge in [-0.25, -0.2) is 4.98 Å². The molecule has 0 radical (unpaired) electrons. The zero-order valence-corrected chi connectivity index (χ0v) is 21.4. The second-order valence-corrected chi connectivity index (χ2v) is 11.3. The van der Waals surface area contributed by atoms with Crippen molar-refractivity contribution in [1.29, 1.82) is 0 Å². The van der Waals surface area contributed by atoms with E-state index in [0.29, 0.717) is 19.0 Å². The number of benzene rings is 1. The Balaban J connectivity index is 1.13. The van der Waals surface area contributed by atoms with Gasteiger partial charge in [0.25, 0.3) is 0 Å². The number of ether oxygens (including phenoxy) is 2. The highest BCUT2D eigenvalue weighted by molar-refractivity contribution is 5.88. The van der Waals surface area contributed by atoms with E-state index >= 15 is 0 Å². The number of pyridine rings is 1. The van der Waals surface area contributed by atoms with E-state index < -0.39 is 0 Å². The summed E-state index contributed by atoms with van der Waals surface area (Å²) in [5.74, 6) is 2.68. The van der Waals surface area contributed by atoms with Crippen LogP contribution < -0.4 is 15.0 Å². The Labute approximate surface area is 217 Å². The number of aromatic nitrogens is 3. The monoisotopic (exact) mass is 501 g/mol. The molecular weight excluding hydrogens is 466 g/mol. The van der Waals surface area contributed by atoms with E-state index in [-0.39, 0.29) is 17.9 Å². The summed E-state index contributed by atoms with van der Waals surface area (Å²) in [6, 6.07) is 9.05. The van der Waals surface area contributed by atoms with Crippen molar-refractivity contribution >= 4 is 22.6 Å². The van der Waals surface area contributed by atoms with E-state index in [1.807, 2.05) is 12.5 Å². The highest BCUT2D eigenvalue weighted by atomic mass is 16.5. The number of nitrogens with one attached hydrogen (secondary N) is 1. The number of amides is 1. The van der Waals surface area contributed by atoms with Gasteiger partial charge < -0.3 is 24.3 Å². The molecule has 3 aliphatic heterocycles. The van der Waals surface area contributed by atoms with Crippen LogP contribution in [0, 0.1) is 17.8 Å². The van der Waals surface area contributed by atoms with Crippen LogP contribution in [0.15, 0.2) is 36.8 Å². The maximum Gasteiger partial charge on any atom is 0.220 e. The first-order chi connectivity index (χ1) is 18.1. The summed E-state index contributed by atoms with van der Waals surface area (Å²) >= 11 is 0. The predicted octanol–water partition coefficient (Wildman–Crippen LogP) is 4.20. The third kappa shape index (κ3) is 4.45. The van der Waals surface area contributed by atoms with Gasteiger partial charge in [0.05, 0.1) is 42.6 Å². The molecule has 7 rings (SSSR count). The van der Waals surface area contributed by atoms with Gasteiger partial charge in [-0.3, -0.25) is 9.78 Å². The highest BCUT2D eigenvalue weighted by Gasteiger charge is 2.32. The van der Waals surface area contributed by atoms with Gasteiger partial charge in [-0.2, -0.15) is 0 Å². The summed E-state index contributed by atoms with van der Waals surface area (Å²) < 4.78 is 14.2. The molecule has 2 atom stereocenters. The fraction of sp³-hybridized carbons (Fsp3) is 0.552. The molecule has 4 fully saturated rings. The molecule has 8 nitrogen and oxygen atoms in total. The lowest BCUT2D eigenvalue weighted by molar-refractivity contribution is -0.119. The SMILES string of the molecule is CC(Oc1cc(-c2ccc(N3CCC(C4COC4)CC3)cn2)cc2ncn(C3CC3)c12)C1CNC(=O)C1. The molecule has 0 bridgehead atoms. The summed E-state index contributed by atoms with van der Waals surface area (Å²) in [5.41, 5.74) is 5.09. The zero-order valence-electron chi connectivity index (χ0n) is 21.4. The number of hydrogen-bond acceptors (Lipinski definition) is 6. The van der Waals surface area contributed by atoms with Gasteiger partial charge >= 0.3 is 0 Å². The summed E-state index contributed by atoms with van der Waals surface area (Å²) in [6.45, 7) is 6.80. The largest absolute Gasteiger partial charge is 0.488 e. The molecule has 3 saturated heterocycles. The molecule has 3 aromatic rings. The Morgan fingerprint density at radius 1 is 1.08 bits per heavy atom. The number of imidazole rings is 1. The smallest absolute Gasteiger partial charge is 0.220 e. The molecular formula is C29H35N5O3. The van der Waals surface area contributed by atoms with E-state index in [1.165, 1.54) is 31.4 Å². The average Bonchev–Trinajstić information content (AvgIpc) is 3.48. The molecule has 1 aromatic carbocycles. The lowest BCUT2D eigenvalue weighted by Crippen LogP contribution is -2.42. The Hall–Kier alpha value is -3.13. The zero-order chi connectivity index (χ0) is 24.9. The first kappa shape index (κ1) is 23.0. The summed E-state index contributed by atoms with van der Waals surface area (Å²) in [5, 5.41) is 2.94. The van der Waals surface area contributed by atoms with Crippen molar-refractivity contribution < 1.29 is 14.3 Å². The maximum absolute atomic E-state index is 11.8. The third-order valence-electron chi connectivity index (χ3n) is 8.84. The molecule has 1 aliphatic carbocycles.